The molecule has 2 heterocycles. The van der Waals surface area contributed by atoms with E-state index in [-0.39, 0.29) is 11.9 Å². The molecule has 0 aliphatic carbocycles. The molecule has 1 aliphatic heterocycles. The molecule has 184 valence electrons. The molecule has 1 amide bonds. The number of methoxy groups -OCH3 is 1. The number of unbranched alkanes of at least 4 members (excludes halogenated alkanes) is 1. The average molecular weight is 482 g/mol. The number of H-pyrrole nitrogens is 1. The number of carbonyl (C=O) groups is 1. The minimum Gasteiger partial charge on any atom is -0.497 e. The van der Waals surface area contributed by atoms with Crippen LogP contribution in [-0.2, 0) is 6.42 Å². The zero-order chi connectivity index (χ0) is 24.9. The van der Waals surface area contributed by atoms with Gasteiger partial charge in [-0.1, -0.05) is 67.9 Å². The lowest BCUT2D eigenvalue weighted by molar-refractivity contribution is 0.0745. The van der Waals surface area contributed by atoms with Gasteiger partial charge in [0.15, 0.2) is 0 Å². The van der Waals surface area contributed by atoms with Gasteiger partial charge in [0.1, 0.15) is 17.2 Å². The molecule has 36 heavy (non-hydrogen) atoms. The monoisotopic (exact) mass is 481 g/mol. The summed E-state index contributed by atoms with van der Waals surface area (Å²) in [4.78, 5) is 15.6. The van der Waals surface area contributed by atoms with Gasteiger partial charge in [-0.3, -0.25) is 9.89 Å². The van der Waals surface area contributed by atoms with Crippen molar-refractivity contribution in [3.8, 4) is 22.8 Å². The van der Waals surface area contributed by atoms with Crippen molar-refractivity contribution in [2.75, 3.05) is 20.3 Å². The van der Waals surface area contributed by atoms with Crippen LogP contribution >= 0.6 is 0 Å². The van der Waals surface area contributed by atoms with E-state index in [1.54, 1.807) is 7.11 Å². The molecule has 1 atom stereocenters. The van der Waals surface area contributed by atoms with Gasteiger partial charge in [-0.15, -0.1) is 0 Å². The Morgan fingerprint density at radius 3 is 2.53 bits per heavy atom. The minimum absolute atomic E-state index is 0.0319. The molecule has 1 unspecified atom stereocenters. The first-order chi connectivity index (χ1) is 17.7. The number of carbonyl (C=O) groups excluding carboxylic acids is 1. The van der Waals surface area contributed by atoms with Gasteiger partial charge in [0.2, 0.25) is 0 Å². The highest BCUT2D eigenvalue weighted by Crippen LogP contribution is 2.43. The molecule has 0 saturated heterocycles. The number of aromatic amines is 1. The van der Waals surface area contributed by atoms with Crippen molar-refractivity contribution in [2.45, 2.75) is 32.2 Å². The Morgan fingerprint density at radius 2 is 1.78 bits per heavy atom. The van der Waals surface area contributed by atoms with Gasteiger partial charge in [-0.05, 0) is 48.2 Å². The number of benzene rings is 3. The predicted molar refractivity (Wildman–Crippen MR) is 140 cm³/mol. The maximum atomic E-state index is 13.6. The van der Waals surface area contributed by atoms with E-state index in [1.807, 2.05) is 71.6 Å². The molecule has 4 aromatic rings. The number of hydrogen-bond acceptors (Lipinski definition) is 4. The summed E-state index contributed by atoms with van der Waals surface area (Å²) in [6, 6.07) is 25.9. The van der Waals surface area contributed by atoms with E-state index in [0.29, 0.717) is 18.8 Å². The van der Waals surface area contributed by atoms with Crippen molar-refractivity contribution < 1.29 is 14.3 Å². The molecular weight excluding hydrogens is 450 g/mol. The Balaban J connectivity index is 1.50. The van der Waals surface area contributed by atoms with Gasteiger partial charge >= 0.3 is 0 Å². The second kappa shape index (κ2) is 10.7. The smallest absolute Gasteiger partial charge is 0.273 e. The van der Waals surface area contributed by atoms with Crippen LogP contribution in [0.2, 0.25) is 0 Å². The molecule has 0 spiro atoms. The summed E-state index contributed by atoms with van der Waals surface area (Å²) < 4.78 is 11.3. The largest absolute Gasteiger partial charge is 0.497 e. The standard InChI is InChI=1S/C30H31N3O3/c1-3-4-19-36-25-12-8-11-23(20-25)29-26-27(22-9-6-5-7-10-22)31-32-28(26)30(34)33(29)18-17-21-13-15-24(35-2)16-14-21/h5-16,20,29H,3-4,17-19H2,1-2H3,(H,31,32). The van der Waals surface area contributed by atoms with Crippen LogP contribution in [0.5, 0.6) is 11.5 Å². The quantitative estimate of drug-likeness (QED) is 0.280. The number of aromatic nitrogens is 2. The van der Waals surface area contributed by atoms with Crippen LogP contribution < -0.4 is 9.47 Å². The fourth-order valence-corrected chi connectivity index (χ4v) is 4.74. The molecule has 0 bridgehead atoms. The SMILES string of the molecule is CCCCOc1cccc(C2c3c(-c4ccccc4)n[nH]c3C(=O)N2CCc2ccc(OC)cc2)c1. The fourth-order valence-electron chi connectivity index (χ4n) is 4.74. The normalized spacial score (nSPS) is 14.7. The molecule has 3 aromatic carbocycles. The first-order valence-electron chi connectivity index (χ1n) is 12.5. The lowest BCUT2D eigenvalue weighted by atomic mass is 9.95. The lowest BCUT2D eigenvalue weighted by Crippen LogP contribution is -2.31. The highest BCUT2D eigenvalue weighted by Gasteiger charge is 2.42. The zero-order valence-corrected chi connectivity index (χ0v) is 20.7. The van der Waals surface area contributed by atoms with Gasteiger partial charge in [-0.2, -0.15) is 5.10 Å². The molecule has 6 heteroatoms. The summed E-state index contributed by atoms with van der Waals surface area (Å²) in [7, 11) is 1.66. The third kappa shape index (κ3) is 4.71. The molecule has 5 rings (SSSR count). The van der Waals surface area contributed by atoms with Crippen LogP contribution in [-0.4, -0.2) is 41.3 Å². The Morgan fingerprint density at radius 1 is 0.972 bits per heavy atom. The fraction of sp³-hybridized carbons (Fsp3) is 0.267. The molecular formula is C30H31N3O3. The van der Waals surface area contributed by atoms with Crippen molar-refractivity contribution >= 4 is 5.91 Å². The van der Waals surface area contributed by atoms with Gasteiger partial charge < -0.3 is 14.4 Å². The second-order valence-corrected chi connectivity index (χ2v) is 9.00. The third-order valence-electron chi connectivity index (χ3n) is 6.65. The molecule has 1 N–H and O–H groups in total. The van der Waals surface area contributed by atoms with E-state index in [9.17, 15) is 4.79 Å². The van der Waals surface area contributed by atoms with E-state index in [1.165, 1.54) is 0 Å². The van der Waals surface area contributed by atoms with Gasteiger partial charge in [0.05, 0.1) is 25.5 Å². The first kappa shape index (κ1) is 23.7. The molecule has 0 fully saturated rings. The van der Waals surface area contributed by atoms with E-state index >= 15 is 0 Å². The topological polar surface area (TPSA) is 67.5 Å². The summed E-state index contributed by atoms with van der Waals surface area (Å²) in [5.41, 5.74) is 5.45. The number of fused-ring (bicyclic) bond motifs is 1. The van der Waals surface area contributed by atoms with E-state index in [0.717, 1.165) is 58.7 Å². The summed E-state index contributed by atoms with van der Waals surface area (Å²) in [5, 5.41) is 7.62. The van der Waals surface area contributed by atoms with Gasteiger partial charge in [-0.25, -0.2) is 0 Å². The van der Waals surface area contributed by atoms with Crippen molar-refractivity contribution in [3.63, 3.8) is 0 Å². The van der Waals surface area contributed by atoms with Crippen molar-refractivity contribution in [2.24, 2.45) is 0 Å². The highest BCUT2D eigenvalue weighted by atomic mass is 16.5. The zero-order valence-electron chi connectivity index (χ0n) is 20.7. The third-order valence-corrected chi connectivity index (χ3v) is 6.65. The van der Waals surface area contributed by atoms with E-state index in [2.05, 4.69) is 29.3 Å². The number of nitrogens with zero attached hydrogens (tertiary/aromatic N) is 2. The maximum Gasteiger partial charge on any atom is 0.273 e. The van der Waals surface area contributed by atoms with Crippen LogP contribution in [0.25, 0.3) is 11.3 Å². The molecule has 0 radical (unpaired) electrons. The summed E-state index contributed by atoms with van der Waals surface area (Å²) in [6.07, 6.45) is 2.82. The van der Waals surface area contributed by atoms with Crippen molar-refractivity contribution in [1.29, 1.82) is 0 Å². The number of amides is 1. The summed E-state index contributed by atoms with van der Waals surface area (Å²) >= 11 is 0. The lowest BCUT2D eigenvalue weighted by Gasteiger charge is -2.27. The van der Waals surface area contributed by atoms with Gasteiger partial charge in [0.25, 0.3) is 5.91 Å². The molecule has 1 aromatic heterocycles. The molecule has 6 nitrogen and oxygen atoms in total. The number of hydrogen-bond donors (Lipinski definition) is 1. The summed E-state index contributed by atoms with van der Waals surface area (Å²) in [6.45, 7) is 3.40. The van der Waals surface area contributed by atoms with Gasteiger partial charge in [0, 0.05) is 17.7 Å². The predicted octanol–water partition coefficient (Wildman–Crippen LogP) is 6.05. The Labute approximate surface area is 211 Å². The van der Waals surface area contributed by atoms with E-state index < -0.39 is 0 Å². The van der Waals surface area contributed by atoms with Crippen LogP contribution in [0.1, 0.15) is 53.0 Å². The van der Waals surface area contributed by atoms with E-state index in [4.69, 9.17) is 9.47 Å². The number of rotatable bonds is 10. The van der Waals surface area contributed by atoms with Crippen LogP contribution in [0.3, 0.4) is 0 Å². The highest BCUT2D eigenvalue weighted by molar-refractivity contribution is 6.00. The molecule has 1 aliphatic rings. The van der Waals surface area contributed by atoms with Crippen molar-refractivity contribution in [3.05, 3.63) is 101 Å². The van der Waals surface area contributed by atoms with Crippen LogP contribution in [0.15, 0.2) is 78.9 Å². The van der Waals surface area contributed by atoms with Crippen LogP contribution in [0, 0.1) is 0 Å². The minimum atomic E-state index is -0.255. The first-order valence-corrected chi connectivity index (χ1v) is 12.5. The summed E-state index contributed by atoms with van der Waals surface area (Å²) in [5.74, 6) is 1.61. The number of nitrogens with one attached hydrogen (secondary N) is 1. The second-order valence-electron chi connectivity index (χ2n) is 9.00. The Hall–Kier alpha value is -4.06. The molecule has 0 saturated carbocycles. The van der Waals surface area contributed by atoms with Crippen molar-refractivity contribution in [1.82, 2.24) is 15.1 Å². The average Bonchev–Trinajstić information content (AvgIpc) is 3.47. The van der Waals surface area contributed by atoms with Crippen LogP contribution in [0.4, 0.5) is 0 Å². The maximum absolute atomic E-state index is 13.6. The Kier molecular flexibility index (Phi) is 7.03. The Bertz CT molecular complexity index is 1320. The number of ether oxygens (including phenoxy) is 2.